The number of anilines is 1. The highest BCUT2D eigenvalue weighted by atomic mass is 79.9. The molecule has 0 aliphatic rings. The molecule has 1 aromatic rings. The van der Waals surface area contributed by atoms with Crippen LogP contribution in [0.3, 0.4) is 0 Å². The molecular formula is C11H15BrN4O2. The number of carbonyl (C=O) groups is 2. The highest BCUT2D eigenvalue weighted by Crippen LogP contribution is 2.15. The Morgan fingerprint density at radius 3 is 2.83 bits per heavy atom. The Labute approximate surface area is 113 Å². The van der Waals surface area contributed by atoms with Gasteiger partial charge in [-0.2, -0.15) is 0 Å². The molecule has 7 heteroatoms. The lowest BCUT2D eigenvalue weighted by molar-refractivity contribution is -0.120. The van der Waals surface area contributed by atoms with Crippen molar-refractivity contribution in [1.82, 2.24) is 15.6 Å². The van der Waals surface area contributed by atoms with E-state index in [1.807, 2.05) is 6.92 Å². The van der Waals surface area contributed by atoms with Gasteiger partial charge in [-0.05, 0) is 28.9 Å². The number of carbonyl (C=O) groups excluding carboxylic acids is 2. The third-order valence-corrected chi connectivity index (χ3v) is 2.58. The molecule has 0 fully saturated rings. The fourth-order valence-corrected chi connectivity index (χ4v) is 1.63. The minimum atomic E-state index is -0.342. The molecular weight excluding hydrogens is 300 g/mol. The van der Waals surface area contributed by atoms with E-state index in [0.29, 0.717) is 16.6 Å². The smallest absolute Gasteiger partial charge is 0.255 e. The monoisotopic (exact) mass is 314 g/mol. The van der Waals surface area contributed by atoms with E-state index in [1.165, 1.54) is 6.20 Å². The van der Waals surface area contributed by atoms with Crippen molar-refractivity contribution < 1.29 is 9.59 Å². The molecule has 2 amide bonds. The normalized spacial score (nSPS) is 9.89. The molecule has 1 rings (SSSR count). The van der Waals surface area contributed by atoms with Gasteiger partial charge in [-0.15, -0.1) is 0 Å². The number of rotatable bonds is 5. The summed E-state index contributed by atoms with van der Waals surface area (Å²) < 4.78 is 0.672. The molecule has 0 saturated heterocycles. The quantitative estimate of drug-likeness (QED) is 0.744. The maximum absolute atomic E-state index is 11.8. The Balaban J connectivity index is 2.50. The van der Waals surface area contributed by atoms with Crippen LogP contribution in [0.5, 0.6) is 0 Å². The van der Waals surface area contributed by atoms with Gasteiger partial charge in [0.15, 0.2) is 0 Å². The molecule has 18 heavy (non-hydrogen) atoms. The highest BCUT2D eigenvalue weighted by molar-refractivity contribution is 9.10. The Kier molecular flexibility index (Phi) is 5.57. The summed E-state index contributed by atoms with van der Waals surface area (Å²) in [5, 5.41) is 5.26. The van der Waals surface area contributed by atoms with Crippen LogP contribution < -0.4 is 16.4 Å². The first kappa shape index (κ1) is 14.4. The first-order chi connectivity index (χ1) is 8.54. The molecule has 0 bridgehead atoms. The van der Waals surface area contributed by atoms with Crippen molar-refractivity contribution in [1.29, 1.82) is 0 Å². The predicted octanol–water partition coefficient (Wildman–Crippen LogP) is 0.682. The lowest BCUT2D eigenvalue weighted by atomic mass is 10.2. The minimum absolute atomic E-state index is 0.0989. The van der Waals surface area contributed by atoms with E-state index in [1.54, 1.807) is 6.07 Å². The van der Waals surface area contributed by atoms with E-state index >= 15 is 0 Å². The number of aromatic nitrogens is 1. The van der Waals surface area contributed by atoms with Crippen molar-refractivity contribution in [3.63, 3.8) is 0 Å². The minimum Gasteiger partial charge on any atom is -0.383 e. The molecule has 0 unspecified atom stereocenters. The van der Waals surface area contributed by atoms with Gasteiger partial charge in [0.05, 0.1) is 5.56 Å². The van der Waals surface area contributed by atoms with E-state index in [2.05, 4.69) is 31.5 Å². The molecule has 0 atom stereocenters. The fraction of sp³-hybridized carbons (Fsp3) is 0.364. The molecule has 0 aromatic carbocycles. The van der Waals surface area contributed by atoms with Crippen LogP contribution in [0.4, 0.5) is 5.82 Å². The number of hydrogen-bond acceptors (Lipinski definition) is 4. The van der Waals surface area contributed by atoms with Gasteiger partial charge in [-0.1, -0.05) is 0 Å². The van der Waals surface area contributed by atoms with Gasteiger partial charge < -0.3 is 16.4 Å². The number of amides is 2. The summed E-state index contributed by atoms with van der Waals surface area (Å²) in [6, 6.07) is 1.59. The first-order valence-corrected chi connectivity index (χ1v) is 6.29. The molecule has 98 valence electrons. The second kappa shape index (κ2) is 6.95. The van der Waals surface area contributed by atoms with Crippen LogP contribution in [0.1, 0.15) is 23.7 Å². The van der Waals surface area contributed by atoms with Crippen LogP contribution in [0.15, 0.2) is 16.7 Å². The zero-order valence-electron chi connectivity index (χ0n) is 10.00. The summed E-state index contributed by atoms with van der Waals surface area (Å²) in [5.41, 5.74) is 5.89. The maximum atomic E-state index is 11.8. The summed E-state index contributed by atoms with van der Waals surface area (Å²) in [7, 11) is 0. The Morgan fingerprint density at radius 2 is 2.17 bits per heavy atom. The average Bonchev–Trinajstić information content (AvgIpc) is 2.32. The van der Waals surface area contributed by atoms with Gasteiger partial charge in [-0.25, -0.2) is 4.98 Å². The first-order valence-electron chi connectivity index (χ1n) is 5.50. The predicted molar refractivity (Wildman–Crippen MR) is 72.0 cm³/mol. The summed E-state index contributed by atoms with van der Waals surface area (Å²) in [6.45, 7) is 2.68. The van der Waals surface area contributed by atoms with Gasteiger partial charge in [0.2, 0.25) is 5.91 Å². The van der Waals surface area contributed by atoms with E-state index in [4.69, 9.17) is 5.73 Å². The zero-order chi connectivity index (χ0) is 13.5. The summed E-state index contributed by atoms with van der Waals surface area (Å²) in [6.07, 6.45) is 1.75. The van der Waals surface area contributed by atoms with Crippen LogP contribution in [0.2, 0.25) is 0 Å². The van der Waals surface area contributed by atoms with Crippen LogP contribution in [-0.4, -0.2) is 29.9 Å². The molecule has 0 spiro atoms. The van der Waals surface area contributed by atoms with Crippen LogP contribution in [0.25, 0.3) is 0 Å². The van der Waals surface area contributed by atoms with E-state index in [-0.39, 0.29) is 30.6 Å². The van der Waals surface area contributed by atoms with Gasteiger partial charge in [0.1, 0.15) is 5.82 Å². The van der Waals surface area contributed by atoms with E-state index in [0.717, 1.165) is 0 Å². The van der Waals surface area contributed by atoms with Crippen LogP contribution >= 0.6 is 15.9 Å². The largest absolute Gasteiger partial charge is 0.383 e. The molecule has 4 N–H and O–H groups in total. The number of hydrogen-bond donors (Lipinski definition) is 3. The van der Waals surface area contributed by atoms with Crippen molar-refractivity contribution >= 4 is 33.6 Å². The standard InChI is InChI=1S/C11H15BrN4O2/c1-2-14-9(17)3-4-15-11(18)8-5-7(12)6-16-10(8)13/h5-6H,2-4H2,1H3,(H2,13,16)(H,14,17)(H,15,18). The number of nitrogen functional groups attached to an aromatic ring is 1. The fourth-order valence-electron chi connectivity index (χ4n) is 1.30. The molecule has 6 nitrogen and oxygen atoms in total. The van der Waals surface area contributed by atoms with Crippen LogP contribution in [-0.2, 0) is 4.79 Å². The van der Waals surface area contributed by atoms with Crippen molar-refractivity contribution in [3.8, 4) is 0 Å². The van der Waals surface area contributed by atoms with Crippen LogP contribution in [0, 0.1) is 0 Å². The van der Waals surface area contributed by atoms with Gasteiger partial charge in [-0.3, -0.25) is 9.59 Å². The number of pyridine rings is 1. The van der Waals surface area contributed by atoms with Crippen molar-refractivity contribution in [2.24, 2.45) is 0 Å². The number of halogens is 1. The third kappa shape index (κ3) is 4.33. The number of nitrogens with one attached hydrogen (secondary N) is 2. The molecule has 1 heterocycles. The summed E-state index contributed by atoms with van der Waals surface area (Å²) in [4.78, 5) is 26.8. The molecule has 1 aromatic heterocycles. The summed E-state index contributed by atoms with van der Waals surface area (Å²) >= 11 is 3.21. The van der Waals surface area contributed by atoms with Crippen molar-refractivity contribution in [2.45, 2.75) is 13.3 Å². The van der Waals surface area contributed by atoms with Gasteiger partial charge in [0.25, 0.3) is 5.91 Å². The van der Waals surface area contributed by atoms with Gasteiger partial charge in [0, 0.05) is 30.2 Å². The Morgan fingerprint density at radius 1 is 1.44 bits per heavy atom. The zero-order valence-corrected chi connectivity index (χ0v) is 11.6. The van der Waals surface area contributed by atoms with E-state index < -0.39 is 0 Å². The second-order valence-electron chi connectivity index (χ2n) is 3.55. The molecule has 0 radical (unpaired) electrons. The van der Waals surface area contributed by atoms with Gasteiger partial charge >= 0.3 is 0 Å². The van der Waals surface area contributed by atoms with E-state index in [9.17, 15) is 9.59 Å². The highest BCUT2D eigenvalue weighted by Gasteiger charge is 2.11. The second-order valence-corrected chi connectivity index (χ2v) is 4.46. The maximum Gasteiger partial charge on any atom is 0.255 e. The molecule has 0 aliphatic heterocycles. The molecule has 0 aliphatic carbocycles. The number of nitrogens with two attached hydrogens (primary N) is 1. The van der Waals surface area contributed by atoms with Crippen molar-refractivity contribution in [3.05, 3.63) is 22.3 Å². The summed E-state index contributed by atoms with van der Waals surface area (Å²) in [5.74, 6) is -0.280. The molecule has 0 saturated carbocycles. The third-order valence-electron chi connectivity index (χ3n) is 2.14. The Hall–Kier alpha value is -1.63. The SMILES string of the molecule is CCNC(=O)CCNC(=O)c1cc(Br)cnc1N. The Bertz CT molecular complexity index is 451. The topological polar surface area (TPSA) is 97.1 Å². The average molecular weight is 315 g/mol. The van der Waals surface area contributed by atoms with Crippen molar-refractivity contribution in [2.75, 3.05) is 18.8 Å². The lowest BCUT2D eigenvalue weighted by Crippen LogP contribution is -2.31. The number of nitrogens with zero attached hydrogens (tertiary/aromatic N) is 1. The lowest BCUT2D eigenvalue weighted by Gasteiger charge is -2.07.